The van der Waals surface area contributed by atoms with Gasteiger partial charge in [-0.3, -0.25) is 4.79 Å². The van der Waals surface area contributed by atoms with E-state index < -0.39 is 29.3 Å². The SMILES string of the molecule is O=Cc1c(F)cnc(F)c1C(F)F. The van der Waals surface area contributed by atoms with E-state index in [1.165, 1.54) is 0 Å². The molecule has 1 aromatic heterocycles. The molecule has 1 rings (SSSR count). The molecule has 0 radical (unpaired) electrons. The van der Waals surface area contributed by atoms with Crippen LogP contribution in [-0.2, 0) is 0 Å². The number of alkyl halides is 2. The van der Waals surface area contributed by atoms with Crippen molar-refractivity contribution in [3.8, 4) is 0 Å². The van der Waals surface area contributed by atoms with Crippen LogP contribution < -0.4 is 0 Å². The first-order valence-electron chi connectivity index (χ1n) is 3.15. The molecule has 1 heterocycles. The Morgan fingerprint density at radius 2 is 2.00 bits per heavy atom. The predicted molar refractivity (Wildman–Crippen MR) is 34.5 cm³/mol. The van der Waals surface area contributed by atoms with Crippen LogP contribution in [0.15, 0.2) is 6.20 Å². The zero-order chi connectivity index (χ0) is 10.0. The molecule has 0 unspecified atom stereocenters. The smallest absolute Gasteiger partial charge is 0.269 e. The summed E-state index contributed by atoms with van der Waals surface area (Å²) in [4.78, 5) is 12.9. The number of hydrogen-bond donors (Lipinski definition) is 0. The molecule has 0 aliphatic carbocycles. The third-order valence-corrected chi connectivity index (χ3v) is 1.40. The molecule has 0 spiro atoms. The van der Waals surface area contributed by atoms with Gasteiger partial charge in [0.25, 0.3) is 6.43 Å². The van der Waals surface area contributed by atoms with Crippen LogP contribution >= 0.6 is 0 Å². The van der Waals surface area contributed by atoms with E-state index >= 15 is 0 Å². The van der Waals surface area contributed by atoms with Crippen molar-refractivity contribution in [2.75, 3.05) is 0 Å². The molecular weight excluding hydrogens is 190 g/mol. The third kappa shape index (κ3) is 1.66. The van der Waals surface area contributed by atoms with Gasteiger partial charge in [0, 0.05) is 0 Å². The van der Waals surface area contributed by atoms with Crippen LogP contribution in [0.4, 0.5) is 17.6 Å². The first kappa shape index (κ1) is 9.63. The number of aldehydes is 1. The second-order valence-corrected chi connectivity index (χ2v) is 2.14. The standard InChI is InChI=1S/C7H3F4NO/c8-4-1-12-7(11)5(6(9)10)3(4)2-13/h1-2,6H. The van der Waals surface area contributed by atoms with E-state index in [1.807, 2.05) is 0 Å². The zero-order valence-corrected chi connectivity index (χ0v) is 6.10. The van der Waals surface area contributed by atoms with Crippen molar-refractivity contribution < 1.29 is 22.4 Å². The van der Waals surface area contributed by atoms with Gasteiger partial charge in [-0.25, -0.2) is 18.2 Å². The average molecular weight is 193 g/mol. The molecule has 0 fully saturated rings. The van der Waals surface area contributed by atoms with Gasteiger partial charge in [0.05, 0.1) is 17.3 Å². The summed E-state index contributed by atoms with van der Waals surface area (Å²) < 4.78 is 49.2. The average Bonchev–Trinajstić information content (AvgIpc) is 2.07. The number of hydrogen-bond acceptors (Lipinski definition) is 2. The molecule has 2 nitrogen and oxygen atoms in total. The van der Waals surface area contributed by atoms with Crippen molar-refractivity contribution in [3.63, 3.8) is 0 Å². The van der Waals surface area contributed by atoms with Gasteiger partial charge in [-0.05, 0) is 0 Å². The maximum absolute atomic E-state index is 12.6. The Morgan fingerprint density at radius 1 is 1.38 bits per heavy atom. The molecule has 6 heteroatoms. The van der Waals surface area contributed by atoms with Crippen LogP contribution in [0.3, 0.4) is 0 Å². The van der Waals surface area contributed by atoms with Crippen molar-refractivity contribution in [3.05, 3.63) is 29.1 Å². The quantitative estimate of drug-likeness (QED) is 0.409. The van der Waals surface area contributed by atoms with Crippen molar-refractivity contribution in [1.82, 2.24) is 4.98 Å². The minimum Gasteiger partial charge on any atom is -0.298 e. The normalized spacial score (nSPS) is 10.5. The summed E-state index contributed by atoms with van der Waals surface area (Å²) in [5.41, 5.74) is -2.28. The molecule has 13 heavy (non-hydrogen) atoms. The van der Waals surface area contributed by atoms with Gasteiger partial charge in [-0.1, -0.05) is 0 Å². The van der Waals surface area contributed by atoms with Crippen LogP contribution in [0.2, 0.25) is 0 Å². The summed E-state index contributed by atoms with van der Waals surface area (Å²) in [6.07, 6.45) is -3.05. The molecule has 0 aliphatic heterocycles. The highest BCUT2D eigenvalue weighted by Gasteiger charge is 2.22. The topological polar surface area (TPSA) is 30.0 Å². The highest BCUT2D eigenvalue weighted by atomic mass is 19.3. The fourth-order valence-corrected chi connectivity index (χ4v) is 0.820. The summed E-state index contributed by atoms with van der Waals surface area (Å²) >= 11 is 0. The minimum absolute atomic E-state index is 0.165. The van der Waals surface area contributed by atoms with E-state index in [9.17, 15) is 22.4 Å². The molecule has 0 saturated heterocycles. The summed E-state index contributed by atoms with van der Waals surface area (Å²) in [7, 11) is 0. The van der Waals surface area contributed by atoms with Gasteiger partial charge in [0.1, 0.15) is 0 Å². The lowest BCUT2D eigenvalue weighted by atomic mass is 10.1. The van der Waals surface area contributed by atoms with Gasteiger partial charge in [0.15, 0.2) is 12.1 Å². The highest BCUT2D eigenvalue weighted by molar-refractivity contribution is 5.77. The van der Waals surface area contributed by atoms with Crippen LogP contribution in [0, 0.1) is 11.8 Å². The Kier molecular flexibility index (Phi) is 2.60. The molecule has 0 aromatic carbocycles. The molecule has 0 bridgehead atoms. The number of nitrogens with zero attached hydrogens (tertiary/aromatic N) is 1. The van der Waals surface area contributed by atoms with E-state index in [-0.39, 0.29) is 6.29 Å². The number of aromatic nitrogens is 1. The first-order valence-corrected chi connectivity index (χ1v) is 3.15. The maximum Gasteiger partial charge on any atom is 0.269 e. The minimum atomic E-state index is -3.26. The van der Waals surface area contributed by atoms with Crippen molar-refractivity contribution in [1.29, 1.82) is 0 Å². The Labute approximate surface area is 70.2 Å². The lowest BCUT2D eigenvalue weighted by Crippen LogP contribution is -2.03. The lowest BCUT2D eigenvalue weighted by molar-refractivity contribution is 0.109. The molecule has 0 amide bonds. The second-order valence-electron chi connectivity index (χ2n) is 2.14. The molecule has 1 aromatic rings. The monoisotopic (exact) mass is 193 g/mol. The summed E-state index contributed by atoms with van der Waals surface area (Å²) in [5, 5.41) is 0. The Bertz CT molecular complexity index is 340. The van der Waals surface area contributed by atoms with E-state index in [0.717, 1.165) is 0 Å². The van der Waals surface area contributed by atoms with Gasteiger partial charge in [-0.2, -0.15) is 4.39 Å². The maximum atomic E-state index is 12.6. The van der Waals surface area contributed by atoms with Crippen LogP contribution in [0.5, 0.6) is 0 Å². The second kappa shape index (κ2) is 3.51. The molecule has 0 saturated carbocycles. The Balaban J connectivity index is 3.43. The lowest BCUT2D eigenvalue weighted by Gasteiger charge is -2.04. The summed E-state index contributed by atoms with van der Waals surface area (Å²) in [6.45, 7) is 0. The summed E-state index contributed by atoms with van der Waals surface area (Å²) in [6, 6.07) is 0. The van der Waals surface area contributed by atoms with Crippen molar-refractivity contribution in [2.45, 2.75) is 6.43 Å². The zero-order valence-electron chi connectivity index (χ0n) is 6.10. The van der Waals surface area contributed by atoms with E-state index in [1.54, 1.807) is 0 Å². The largest absolute Gasteiger partial charge is 0.298 e. The van der Waals surface area contributed by atoms with Crippen LogP contribution in [0.1, 0.15) is 22.3 Å². The Morgan fingerprint density at radius 3 is 2.38 bits per heavy atom. The fraction of sp³-hybridized carbons (Fsp3) is 0.143. The van der Waals surface area contributed by atoms with Crippen molar-refractivity contribution >= 4 is 6.29 Å². The van der Waals surface area contributed by atoms with Crippen LogP contribution in [-0.4, -0.2) is 11.3 Å². The van der Waals surface area contributed by atoms with E-state index in [2.05, 4.69) is 4.98 Å². The van der Waals surface area contributed by atoms with Gasteiger partial charge < -0.3 is 0 Å². The van der Waals surface area contributed by atoms with Gasteiger partial charge in [0.2, 0.25) is 5.95 Å². The van der Waals surface area contributed by atoms with Crippen LogP contribution in [0.25, 0.3) is 0 Å². The first-order chi connectivity index (χ1) is 6.07. The number of carbonyl (C=O) groups is 1. The molecule has 0 aliphatic rings. The molecule has 0 atom stereocenters. The number of carbonyl (C=O) groups excluding carboxylic acids is 1. The highest BCUT2D eigenvalue weighted by Crippen LogP contribution is 2.25. The van der Waals surface area contributed by atoms with E-state index in [4.69, 9.17) is 0 Å². The van der Waals surface area contributed by atoms with E-state index in [0.29, 0.717) is 6.20 Å². The number of halogens is 4. The predicted octanol–water partition coefficient (Wildman–Crippen LogP) is 2.11. The number of pyridine rings is 1. The molecule has 70 valence electrons. The molecule has 0 N–H and O–H groups in total. The summed E-state index contributed by atoms with van der Waals surface area (Å²) in [5.74, 6) is -2.79. The third-order valence-electron chi connectivity index (χ3n) is 1.40. The number of rotatable bonds is 2. The van der Waals surface area contributed by atoms with Gasteiger partial charge >= 0.3 is 0 Å². The van der Waals surface area contributed by atoms with Gasteiger partial charge in [-0.15, -0.1) is 0 Å². The molecular formula is C7H3F4NO. The van der Waals surface area contributed by atoms with Crippen molar-refractivity contribution in [2.24, 2.45) is 0 Å². The Hall–Kier alpha value is -1.46. The fourth-order valence-electron chi connectivity index (χ4n) is 0.820.